The van der Waals surface area contributed by atoms with E-state index in [1.807, 2.05) is 0 Å². The van der Waals surface area contributed by atoms with Crippen molar-refractivity contribution in [1.29, 1.82) is 0 Å². The molecule has 1 amide bonds. The maximum atomic E-state index is 15.2. The molecule has 0 aromatic heterocycles. The number of nitrogens with zero attached hydrogens (tertiary/aromatic N) is 3. The molecule has 0 saturated carbocycles. The molecule has 4 aromatic carbocycles. The standard InChI is InChI=1S/C41H42F5N3O3S/c1-27-6-15-36-34(22-27)37(50)23-39(53-26-31-4-3-5-35(42)40(31)43)49(36)25-38(51)48(33-16-18-47(19-17-33)20-21-52-2)24-28-7-9-29(10-8-28)30-11-13-32(14-12-30)41(44,45)46/h3-15,22-23,33,37,50H,16-21,24-26H2,1-2H3/i2D3,6D,15D,20D2,22D,23D,25D2,26D2. The summed E-state index contributed by atoms with van der Waals surface area (Å²) in [5, 5.41) is 10.6. The third-order valence-electron chi connectivity index (χ3n) is 8.70. The molecular weight excluding hydrogens is 710 g/mol. The van der Waals surface area contributed by atoms with E-state index >= 15 is 9.18 Å². The number of alkyl halides is 3. The van der Waals surface area contributed by atoms with Gasteiger partial charge in [-0.15, -0.1) is 11.8 Å². The number of aliphatic hydroxyl groups is 1. The molecule has 53 heavy (non-hydrogen) atoms. The Hall–Kier alpha value is -4.23. The molecule has 1 fully saturated rings. The van der Waals surface area contributed by atoms with Gasteiger partial charge in [0.05, 0.1) is 29.5 Å². The molecule has 1 saturated heterocycles. The van der Waals surface area contributed by atoms with Gasteiger partial charge in [0.1, 0.15) is 12.6 Å². The molecule has 12 heteroatoms. The summed E-state index contributed by atoms with van der Waals surface area (Å²) < 4.78 is 185. The second-order valence-corrected chi connectivity index (χ2v) is 13.0. The van der Waals surface area contributed by atoms with Crippen LogP contribution in [0.5, 0.6) is 0 Å². The Kier molecular flexibility index (Phi) is 7.93. The quantitative estimate of drug-likeness (QED) is 0.146. The summed E-state index contributed by atoms with van der Waals surface area (Å²) in [7, 11) is -2.90. The fraction of sp³-hybridized carbons (Fsp3) is 0.341. The van der Waals surface area contributed by atoms with E-state index in [2.05, 4.69) is 0 Å². The van der Waals surface area contributed by atoms with Crippen molar-refractivity contribution in [2.75, 3.05) is 44.6 Å². The lowest BCUT2D eigenvalue weighted by Gasteiger charge is -2.40. The van der Waals surface area contributed by atoms with E-state index in [-0.39, 0.29) is 49.8 Å². The summed E-state index contributed by atoms with van der Waals surface area (Å²) in [5.74, 6) is -4.47. The first kappa shape index (κ1) is 25.0. The fourth-order valence-electron chi connectivity index (χ4n) is 5.95. The minimum Gasteiger partial charge on any atom is -0.384 e. The van der Waals surface area contributed by atoms with Gasteiger partial charge in [-0.1, -0.05) is 66.2 Å². The zero-order valence-electron chi connectivity index (χ0n) is 41.2. The predicted octanol–water partition coefficient (Wildman–Crippen LogP) is 8.73. The Morgan fingerprint density at radius 2 is 1.75 bits per heavy atom. The van der Waals surface area contributed by atoms with Crippen molar-refractivity contribution in [2.24, 2.45) is 0 Å². The molecule has 1 N–H and O–H groups in total. The van der Waals surface area contributed by atoms with Crippen molar-refractivity contribution in [3.05, 3.63) is 135 Å². The lowest BCUT2D eigenvalue weighted by Crippen LogP contribution is -2.50. The molecule has 4 aromatic rings. The van der Waals surface area contributed by atoms with Crippen LogP contribution in [0.15, 0.2) is 95.9 Å². The monoisotopic (exact) mass is 764 g/mol. The van der Waals surface area contributed by atoms with Crippen LogP contribution in [0.25, 0.3) is 11.1 Å². The van der Waals surface area contributed by atoms with E-state index in [9.17, 15) is 25.4 Å². The smallest absolute Gasteiger partial charge is 0.384 e. The number of hydrogen-bond donors (Lipinski definition) is 1. The van der Waals surface area contributed by atoms with Crippen LogP contribution in [0.3, 0.4) is 0 Å². The number of rotatable bonds is 12. The van der Waals surface area contributed by atoms with Crippen LogP contribution in [0, 0.1) is 18.6 Å². The van der Waals surface area contributed by atoms with Gasteiger partial charge in [0.25, 0.3) is 0 Å². The molecule has 0 bridgehead atoms. The normalized spacial score (nSPS) is 21.5. The number of likely N-dealkylation sites (tertiary alicyclic amines) is 1. The highest BCUT2D eigenvalue weighted by Gasteiger charge is 2.33. The molecule has 6 rings (SSSR count). The number of aliphatic hydroxyl groups excluding tert-OH is 1. The van der Waals surface area contributed by atoms with E-state index in [1.54, 1.807) is 12.1 Å². The fourth-order valence-corrected chi connectivity index (χ4v) is 6.71. The zero-order chi connectivity index (χ0) is 49.1. The van der Waals surface area contributed by atoms with Gasteiger partial charge < -0.3 is 24.5 Å². The van der Waals surface area contributed by atoms with Crippen LogP contribution in [0.2, 0.25) is 0 Å². The number of thioether (sulfide) groups is 1. The van der Waals surface area contributed by atoms with E-state index < -0.39 is 120 Å². The van der Waals surface area contributed by atoms with Crippen molar-refractivity contribution in [3.8, 4) is 11.1 Å². The zero-order valence-corrected chi connectivity index (χ0v) is 29.0. The van der Waals surface area contributed by atoms with E-state index in [0.717, 1.165) is 35.2 Å². The SMILES string of the molecule is [2H]C1=C(SC([2H])([2H])c2cccc(F)c2F)N(C([2H])([2H])C(=O)N(Cc2ccc(-c3ccc(C(F)(F)F)cc3)cc2)C2CCN(C([2H])([2H])COC([2H])([2H])[2H])CC2)c2c([2H])c([2H])c(C)c([2H])c2C1O. The van der Waals surface area contributed by atoms with E-state index in [1.165, 1.54) is 36.1 Å². The van der Waals surface area contributed by atoms with Gasteiger partial charge >= 0.3 is 6.18 Å². The summed E-state index contributed by atoms with van der Waals surface area (Å²) >= 11 is -0.0810. The molecule has 2 aliphatic heterocycles. The Labute approximate surface area is 329 Å². The number of anilines is 1. The van der Waals surface area contributed by atoms with Crippen molar-refractivity contribution in [2.45, 2.75) is 50.3 Å². The van der Waals surface area contributed by atoms with Crippen molar-refractivity contribution >= 4 is 23.4 Å². The first-order valence-corrected chi connectivity index (χ1v) is 17.2. The van der Waals surface area contributed by atoms with Crippen LogP contribution in [-0.2, 0) is 28.0 Å². The third kappa shape index (κ3) is 9.29. The number of ether oxygens (including phenoxy) is 1. The Morgan fingerprint density at radius 1 is 1.06 bits per heavy atom. The molecule has 0 spiro atoms. The lowest BCUT2D eigenvalue weighted by atomic mass is 9.99. The number of piperidine rings is 1. The van der Waals surface area contributed by atoms with Gasteiger partial charge in [0, 0.05) is 67.2 Å². The first-order chi connectivity index (χ1) is 30.5. The van der Waals surface area contributed by atoms with Crippen molar-refractivity contribution < 1.29 is 54.4 Å². The molecular formula is C41H42F5N3O3S. The van der Waals surface area contributed by atoms with Crippen LogP contribution in [0.1, 0.15) is 64.6 Å². The van der Waals surface area contributed by atoms with Gasteiger partial charge in [-0.05, 0) is 66.7 Å². The number of methoxy groups -OCH3 is 1. The van der Waals surface area contributed by atoms with Gasteiger partial charge in [0.15, 0.2) is 11.6 Å². The highest BCUT2D eigenvalue weighted by Crippen LogP contribution is 2.41. The van der Waals surface area contributed by atoms with Gasteiger partial charge in [-0.25, -0.2) is 8.78 Å². The number of benzene rings is 4. The minimum atomic E-state index is -4.57. The number of halogens is 5. The van der Waals surface area contributed by atoms with Crippen LogP contribution < -0.4 is 4.90 Å². The number of carbonyl (C=O) groups excluding carboxylic acids is 1. The first-order valence-electron chi connectivity index (χ1n) is 22.9. The molecule has 280 valence electrons. The number of amides is 1. The second-order valence-electron chi connectivity index (χ2n) is 12.2. The second kappa shape index (κ2) is 16.8. The Bertz CT molecular complexity index is 2510. The number of fused-ring (bicyclic) bond motifs is 1. The average molecular weight is 765 g/mol. The number of carbonyl (C=O) groups is 1. The van der Waals surface area contributed by atoms with Gasteiger partial charge in [-0.2, -0.15) is 13.2 Å². The van der Waals surface area contributed by atoms with Gasteiger partial charge in [0.2, 0.25) is 5.91 Å². The maximum absolute atomic E-state index is 15.2. The van der Waals surface area contributed by atoms with Crippen molar-refractivity contribution in [3.63, 3.8) is 0 Å². The van der Waals surface area contributed by atoms with E-state index in [4.69, 9.17) is 19.8 Å². The van der Waals surface area contributed by atoms with Gasteiger partial charge in [-0.3, -0.25) is 4.79 Å². The largest absolute Gasteiger partial charge is 0.416 e. The van der Waals surface area contributed by atoms with E-state index in [0.29, 0.717) is 21.6 Å². The van der Waals surface area contributed by atoms with Crippen LogP contribution in [-0.4, -0.2) is 66.6 Å². The topological polar surface area (TPSA) is 56.3 Å². The molecule has 1 atom stereocenters. The predicted molar refractivity (Wildman–Crippen MR) is 198 cm³/mol. The molecule has 1 unspecified atom stereocenters. The average Bonchev–Trinajstić information content (AvgIpc) is 3.25. The molecule has 6 nitrogen and oxygen atoms in total. The highest BCUT2D eigenvalue weighted by atomic mass is 32.2. The summed E-state index contributed by atoms with van der Waals surface area (Å²) in [6.45, 7) is -6.00. The maximum Gasteiger partial charge on any atom is 0.416 e. The Morgan fingerprint density at radius 3 is 2.43 bits per heavy atom. The summed E-state index contributed by atoms with van der Waals surface area (Å²) in [6.07, 6.45) is -6.82. The number of hydrogen-bond acceptors (Lipinski definition) is 6. The molecule has 2 heterocycles. The molecule has 0 aliphatic carbocycles. The highest BCUT2D eigenvalue weighted by molar-refractivity contribution is 8.02. The van der Waals surface area contributed by atoms with Crippen LogP contribution in [0.4, 0.5) is 27.6 Å². The van der Waals surface area contributed by atoms with Crippen molar-refractivity contribution in [1.82, 2.24) is 9.80 Å². The minimum absolute atomic E-state index is 0.0484. The molecule has 0 radical (unpaired) electrons. The third-order valence-corrected chi connectivity index (χ3v) is 9.52. The molecule has 2 aliphatic rings. The van der Waals surface area contributed by atoms with Crippen LogP contribution >= 0.6 is 11.8 Å². The lowest BCUT2D eigenvalue weighted by molar-refractivity contribution is -0.137. The summed E-state index contributed by atoms with van der Waals surface area (Å²) in [6, 6.07) is 9.20. The summed E-state index contributed by atoms with van der Waals surface area (Å²) in [5.41, 5.74) is -5.02. The summed E-state index contributed by atoms with van der Waals surface area (Å²) in [4.78, 5) is 18.0. The Balaban J connectivity index is 1.44.